The standard InChI is InChI=1S/C17H34N2O2/c1-6-18-17(4,16(20)21-5)10-13-19-11-7-8-15(9-12-19)14(2)3/h14-15,18H,6-13H2,1-5H3. The second-order valence-electron chi connectivity index (χ2n) is 6.88. The summed E-state index contributed by atoms with van der Waals surface area (Å²) < 4.78 is 4.96. The van der Waals surface area contributed by atoms with E-state index in [4.69, 9.17) is 4.74 Å². The number of hydrogen-bond donors (Lipinski definition) is 1. The van der Waals surface area contributed by atoms with Gasteiger partial charge in [-0.05, 0) is 64.1 Å². The summed E-state index contributed by atoms with van der Waals surface area (Å²) in [5.74, 6) is 1.49. The molecule has 0 radical (unpaired) electrons. The molecule has 1 fully saturated rings. The molecule has 124 valence electrons. The third-order valence-corrected chi connectivity index (χ3v) is 4.94. The van der Waals surface area contributed by atoms with Crippen molar-refractivity contribution in [3.05, 3.63) is 0 Å². The van der Waals surface area contributed by atoms with Crippen LogP contribution in [-0.2, 0) is 9.53 Å². The second kappa shape index (κ2) is 8.74. The molecule has 4 nitrogen and oxygen atoms in total. The van der Waals surface area contributed by atoms with E-state index >= 15 is 0 Å². The summed E-state index contributed by atoms with van der Waals surface area (Å²) in [6, 6.07) is 0. The Bertz CT molecular complexity index is 320. The molecule has 0 amide bonds. The van der Waals surface area contributed by atoms with E-state index in [2.05, 4.69) is 24.1 Å². The van der Waals surface area contributed by atoms with Gasteiger partial charge in [-0.2, -0.15) is 0 Å². The molecule has 0 aliphatic carbocycles. The van der Waals surface area contributed by atoms with Crippen molar-refractivity contribution < 1.29 is 9.53 Å². The Balaban J connectivity index is 2.50. The molecule has 1 aliphatic rings. The highest BCUT2D eigenvalue weighted by Crippen LogP contribution is 2.25. The highest BCUT2D eigenvalue weighted by Gasteiger charge is 2.33. The van der Waals surface area contributed by atoms with Gasteiger partial charge in [0.25, 0.3) is 0 Å². The van der Waals surface area contributed by atoms with E-state index in [1.54, 1.807) is 0 Å². The van der Waals surface area contributed by atoms with Gasteiger partial charge in [0.05, 0.1) is 7.11 Å². The molecular formula is C17H34N2O2. The minimum Gasteiger partial charge on any atom is -0.468 e. The van der Waals surface area contributed by atoms with Crippen LogP contribution in [0.3, 0.4) is 0 Å². The minimum atomic E-state index is -0.562. The number of carbonyl (C=O) groups is 1. The smallest absolute Gasteiger partial charge is 0.325 e. The Labute approximate surface area is 130 Å². The van der Waals surface area contributed by atoms with Gasteiger partial charge in [-0.3, -0.25) is 4.79 Å². The van der Waals surface area contributed by atoms with Crippen molar-refractivity contribution in [1.29, 1.82) is 0 Å². The fourth-order valence-electron chi connectivity index (χ4n) is 3.33. The van der Waals surface area contributed by atoms with Crippen LogP contribution in [0.25, 0.3) is 0 Å². The number of hydrogen-bond acceptors (Lipinski definition) is 4. The van der Waals surface area contributed by atoms with Gasteiger partial charge >= 0.3 is 5.97 Å². The minimum absolute atomic E-state index is 0.153. The van der Waals surface area contributed by atoms with Crippen molar-refractivity contribution in [2.45, 2.75) is 58.9 Å². The maximum Gasteiger partial charge on any atom is 0.325 e. The molecule has 0 aromatic rings. The number of likely N-dealkylation sites (N-methyl/N-ethyl adjacent to an activating group) is 1. The molecule has 1 aliphatic heterocycles. The highest BCUT2D eigenvalue weighted by atomic mass is 16.5. The van der Waals surface area contributed by atoms with Crippen molar-refractivity contribution in [2.75, 3.05) is 33.3 Å². The molecule has 4 heteroatoms. The highest BCUT2D eigenvalue weighted by molar-refractivity contribution is 5.80. The molecule has 21 heavy (non-hydrogen) atoms. The summed E-state index contributed by atoms with van der Waals surface area (Å²) in [5, 5.41) is 3.29. The topological polar surface area (TPSA) is 41.6 Å². The van der Waals surface area contributed by atoms with Gasteiger partial charge < -0.3 is 15.0 Å². The van der Waals surface area contributed by atoms with Crippen LogP contribution >= 0.6 is 0 Å². The van der Waals surface area contributed by atoms with Crippen LogP contribution in [0.2, 0.25) is 0 Å². The Morgan fingerprint density at radius 1 is 1.38 bits per heavy atom. The largest absolute Gasteiger partial charge is 0.468 e. The van der Waals surface area contributed by atoms with Gasteiger partial charge in [-0.25, -0.2) is 0 Å². The molecule has 0 saturated carbocycles. The maximum absolute atomic E-state index is 12.0. The summed E-state index contributed by atoms with van der Waals surface area (Å²) in [6.45, 7) is 12.7. The van der Waals surface area contributed by atoms with Crippen LogP contribution in [0.4, 0.5) is 0 Å². The van der Waals surface area contributed by atoms with E-state index in [-0.39, 0.29) is 5.97 Å². The maximum atomic E-state index is 12.0. The number of nitrogens with one attached hydrogen (secondary N) is 1. The lowest BCUT2D eigenvalue weighted by atomic mass is 9.89. The van der Waals surface area contributed by atoms with Crippen LogP contribution in [0.1, 0.15) is 53.4 Å². The molecule has 0 spiro atoms. The average Bonchev–Trinajstić information content (AvgIpc) is 2.70. The second-order valence-corrected chi connectivity index (χ2v) is 6.88. The van der Waals surface area contributed by atoms with Crippen molar-refractivity contribution in [1.82, 2.24) is 10.2 Å². The molecule has 0 aromatic heterocycles. The van der Waals surface area contributed by atoms with Crippen molar-refractivity contribution >= 4 is 5.97 Å². The number of rotatable bonds is 7. The Morgan fingerprint density at radius 3 is 2.67 bits per heavy atom. The zero-order valence-electron chi connectivity index (χ0n) is 14.6. The van der Waals surface area contributed by atoms with Crippen molar-refractivity contribution in [3.8, 4) is 0 Å². The summed E-state index contributed by atoms with van der Waals surface area (Å²) in [6.07, 6.45) is 4.71. The average molecular weight is 298 g/mol. The normalized spacial score (nSPS) is 23.6. The lowest BCUT2D eigenvalue weighted by molar-refractivity contribution is -0.148. The molecule has 1 heterocycles. The van der Waals surface area contributed by atoms with Gasteiger partial charge in [0, 0.05) is 6.54 Å². The number of ether oxygens (including phenoxy) is 1. The zero-order valence-corrected chi connectivity index (χ0v) is 14.6. The lowest BCUT2D eigenvalue weighted by Gasteiger charge is -2.30. The summed E-state index contributed by atoms with van der Waals surface area (Å²) >= 11 is 0. The first-order valence-corrected chi connectivity index (χ1v) is 8.48. The predicted molar refractivity (Wildman–Crippen MR) is 87.3 cm³/mol. The number of likely N-dealkylation sites (tertiary alicyclic amines) is 1. The van der Waals surface area contributed by atoms with Gasteiger partial charge in [0.2, 0.25) is 0 Å². The Morgan fingerprint density at radius 2 is 2.10 bits per heavy atom. The molecule has 2 atom stereocenters. The van der Waals surface area contributed by atoms with Crippen LogP contribution in [0, 0.1) is 11.8 Å². The number of methoxy groups -OCH3 is 1. The van der Waals surface area contributed by atoms with E-state index in [0.29, 0.717) is 0 Å². The van der Waals surface area contributed by atoms with E-state index < -0.39 is 5.54 Å². The zero-order chi connectivity index (χ0) is 15.9. The third kappa shape index (κ3) is 5.59. The van der Waals surface area contributed by atoms with E-state index in [1.165, 1.54) is 26.4 Å². The monoisotopic (exact) mass is 298 g/mol. The molecule has 0 aromatic carbocycles. The van der Waals surface area contributed by atoms with Crippen molar-refractivity contribution in [2.24, 2.45) is 11.8 Å². The van der Waals surface area contributed by atoms with Gasteiger partial charge in [0.15, 0.2) is 0 Å². The fraction of sp³-hybridized carbons (Fsp3) is 0.941. The van der Waals surface area contributed by atoms with Crippen LogP contribution in [0.15, 0.2) is 0 Å². The molecule has 1 saturated heterocycles. The molecule has 1 N–H and O–H groups in total. The first-order chi connectivity index (χ1) is 9.92. The number of nitrogens with zero attached hydrogens (tertiary/aromatic N) is 1. The quantitative estimate of drug-likeness (QED) is 0.734. The van der Waals surface area contributed by atoms with E-state index in [1.807, 2.05) is 13.8 Å². The lowest BCUT2D eigenvalue weighted by Crippen LogP contribution is -2.52. The molecular weight excluding hydrogens is 264 g/mol. The Kier molecular flexibility index (Phi) is 7.67. The fourth-order valence-corrected chi connectivity index (χ4v) is 3.33. The van der Waals surface area contributed by atoms with Gasteiger partial charge in [-0.15, -0.1) is 0 Å². The number of carbonyl (C=O) groups excluding carboxylic acids is 1. The summed E-state index contributed by atoms with van der Waals surface area (Å²) in [4.78, 5) is 14.5. The first-order valence-electron chi connectivity index (χ1n) is 8.48. The van der Waals surface area contributed by atoms with Gasteiger partial charge in [0.1, 0.15) is 5.54 Å². The Hall–Kier alpha value is -0.610. The summed E-state index contributed by atoms with van der Waals surface area (Å²) in [7, 11) is 1.47. The molecule has 0 bridgehead atoms. The van der Waals surface area contributed by atoms with Crippen LogP contribution in [-0.4, -0.2) is 49.7 Å². The first kappa shape index (κ1) is 18.4. The third-order valence-electron chi connectivity index (χ3n) is 4.94. The van der Waals surface area contributed by atoms with Crippen LogP contribution < -0.4 is 5.32 Å². The number of esters is 1. The molecule has 2 unspecified atom stereocenters. The van der Waals surface area contributed by atoms with E-state index in [0.717, 1.165) is 44.4 Å². The van der Waals surface area contributed by atoms with Gasteiger partial charge in [-0.1, -0.05) is 20.8 Å². The molecule has 1 rings (SSSR count). The SMILES string of the molecule is CCNC(C)(CCN1CCCC(C(C)C)CC1)C(=O)OC. The van der Waals surface area contributed by atoms with Crippen LogP contribution in [0.5, 0.6) is 0 Å². The van der Waals surface area contributed by atoms with E-state index in [9.17, 15) is 4.79 Å². The predicted octanol–water partition coefficient (Wildman–Crippen LogP) is 2.68. The van der Waals surface area contributed by atoms with Crippen molar-refractivity contribution in [3.63, 3.8) is 0 Å². The summed E-state index contributed by atoms with van der Waals surface area (Å²) in [5.41, 5.74) is -0.562.